The van der Waals surface area contributed by atoms with Gasteiger partial charge in [0.2, 0.25) is 0 Å². The first-order valence-corrected chi connectivity index (χ1v) is 63.2. The van der Waals surface area contributed by atoms with E-state index in [-0.39, 0.29) is 12.8 Å². The number of carbonyl (C=O) groups is 2. The molecule has 6 aromatic rings. The smallest absolute Gasteiger partial charge is 0.311 e. The van der Waals surface area contributed by atoms with Gasteiger partial charge in [0, 0.05) is 48.3 Å². The van der Waals surface area contributed by atoms with E-state index in [0.29, 0.717) is 117 Å². The third-order valence-electron chi connectivity index (χ3n) is 28.7. The van der Waals surface area contributed by atoms with Gasteiger partial charge in [-0.25, -0.2) is 0 Å². The number of hydrogen-bond donors (Lipinski definition) is 0. The zero-order valence-corrected chi connectivity index (χ0v) is 97.0. The Balaban J connectivity index is 1.15. The summed E-state index contributed by atoms with van der Waals surface area (Å²) in [5, 5.41) is 2.34. The summed E-state index contributed by atoms with van der Waals surface area (Å²) in [5.41, 5.74) is 0. The normalized spacial score (nSPS) is 12.3. The largest absolute Gasteiger partial charge is 0.449 e. The van der Waals surface area contributed by atoms with Crippen LogP contribution in [0.1, 0.15) is 518 Å². The zero-order chi connectivity index (χ0) is 101. The molecule has 0 N–H and O–H groups in total. The summed E-state index contributed by atoms with van der Waals surface area (Å²) in [5.74, 6) is 5.11. The number of hydrogen-bond acceptors (Lipinski definition) is 16. The number of esters is 2. The molecule has 0 fully saturated rings. The van der Waals surface area contributed by atoms with Crippen LogP contribution in [0.3, 0.4) is 0 Å². The number of rotatable bonds is 91. The first-order chi connectivity index (χ1) is 69.7. The number of benzene rings is 6. The summed E-state index contributed by atoms with van der Waals surface area (Å²) in [6, 6.07) is 44.1. The van der Waals surface area contributed by atoms with Crippen molar-refractivity contribution >= 4 is 128 Å². The first-order valence-electron chi connectivity index (χ1n) is 58.3. The Morgan fingerprint density at radius 1 is 0.197 bits per heavy atom. The highest BCUT2D eigenvalue weighted by atomic mass is 32.2. The fourth-order valence-corrected chi connectivity index (χ4v) is 24.4. The topological polar surface area (TPSA) is 89.5 Å². The van der Waals surface area contributed by atoms with E-state index in [1.165, 1.54) is 383 Å². The molecule has 0 bridgehead atoms. The second-order valence-electron chi connectivity index (χ2n) is 40.8. The molecular formula is C126H194O8S8. The number of para-hydroxylation sites is 4. The van der Waals surface area contributed by atoms with Gasteiger partial charge in [-0.1, -0.05) is 548 Å². The summed E-state index contributed by atoms with van der Waals surface area (Å²) in [4.78, 5) is 35.8. The molecule has 0 radical (unpaired) electrons. The van der Waals surface area contributed by atoms with Crippen molar-refractivity contribution in [2.45, 2.75) is 557 Å². The molecule has 16 heteroatoms. The summed E-state index contributed by atoms with van der Waals surface area (Å²) in [7, 11) is 0. The number of carbonyl (C=O) groups excluding carboxylic acids is 2. The SMILES string of the molecule is CCCCCCCCCCCCCCCC(CC)CCC(=S)Oc1ccccc1Sc1cccc(OC(=O)CCCCC(=O)Oc2cccc(Sc3ccccc3OC(=S)CCC(CC)CCCCCCCCCCCCCCC)c2Sc2ccccc2OC(=S)CCC(CC)CCCCCCCCCCCCCCC)c1Sc1ccccc1OC(=S)CCC(CC)CCCCCCCCCCCCCCC. The molecule has 0 amide bonds. The van der Waals surface area contributed by atoms with Gasteiger partial charge in [-0.2, -0.15) is 0 Å². The quantitative estimate of drug-likeness (QED) is 0.0157. The molecule has 794 valence electrons. The van der Waals surface area contributed by atoms with Gasteiger partial charge in [-0.3, -0.25) is 9.59 Å². The minimum atomic E-state index is -0.407. The van der Waals surface area contributed by atoms with Crippen LogP contribution in [0, 0.1) is 23.7 Å². The Kier molecular flexibility index (Phi) is 75.3. The van der Waals surface area contributed by atoms with Crippen molar-refractivity contribution in [1.82, 2.24) is 0 Å². The van der Waals surface area contributed by atoms with Crippen molar-refractivity contribution in [3.05, 3.63) is 133 Å². The Morgan fingerprint density at radius 2 is 0.380 bits per heavy atom. The Labute approximate surface area is 906 Å². The third-order valence-corrected chi connectivity index (χ3v) is 34.7. The molecule has 0 saturated heterocycles. The van der Waals surface area contributed by atoms with Crippen LogP contribution in [-0.2, 0) is 9.59 Å². The molecule has 142 heavy (non-hydrogen) atoms. The summed E-state index contributed by atoms with van der Waals surface area (Å²) < 4.78 is 39.7. The van der Waals surface area contributed by atoms with Crippen LogP contribution in [0.15, 0.2) is 173 Å². The van der Waals surface area contributed by atoms with E-state index in [1.54, 1.807) is 23.5 Å². The van der Waals surface area contributed by atoms with Crippen molar-refractivity contribution in [3.63, 3.8) is 0 Å². The highest BCUT2D eigenvalue weighted by molar-refractivity contribution is 8.03. The van der Waals surface area contributed by atoms with Gasteiger partial charge in [0.25, 0.3) is 0 Å². The number of ether oxygens (including phenoxy) is 6. The van der Waals surface area contributed by atoms with Crippen LogP contribution in [0.2, 0.25) is 0 Å². The monoisotopic (exact) mass is 2090 g/mol. The Hall–Kier alpha value is -4.78. The predicted octanol–water partition coefficient (Wildman–Crippen LogP) is 44.3. The molecular weight excluding hydrogens is 1900 g/mol. The van der Waals surface area contributed by atoms with E-state index >= 15 is 0 Å². The molecule has 4 unspecified atom stereocenters. The first kappa shape index (κ1) is 126. The molecule has 6 rings (SSSR count). The van der Waals surface area contributed by atoms with Gasteiger partial charge in [0.1, 0.15) is 34.5 Å². The van der Waals surface area contributed by atoms with Crippen LogP contribution >= 0.6 is 95.9 Å². The fourth-order valence-electron chi connectivity index (χ4n) is 19.3. The molecule has 6 aromatic carbocycles. The van der Waals surface area contributed by atoms with Crippen molar-refractivity contribution in [1.29, 1.82) is 0 Å². The standard InChI is InChI=1S/C126H194O8S8/c1-9-17-21-25-29-33-37-41-45-49-53-57-61-77-103(13-5)95-99-121(135)131-107-81-65-69-87-113(107)139-117-91-75-85-111(125(117)141-115-89-71-67-83-109(115)133-123(137)101-97-105(15-7)79-63-59-55-51-47-43-39-35-31-27-23-19-11-3)129-119(127)93-73-74-94-120(128)130-112-86-76-92-118(140-114-88-70-66-82-108(114)132-122(136)100-96-104(14-6)78-62-58-54-50-46-42-38-34-30-26-22-18-10-2)126(112)142-116-90-72-68-84-110(116)134-124(138)102-98-106(16-8)80-64-60-56-52-48-44-40-36-32-28-24-20-12-4/h65-72,75-76,81-92,103-106H,9-64,73-74,77-80,93-102H2,1-8H3. The van der Waals surface area contributed by atoms with Crippen LogP contribution in [0.25, 0.3) is 0 Å². The molecule has 0 spiro atoms. The lowest BCUT2D eigenvalue weighted by atomic mass is 9.93. The Morgan fingerprint density at radius 3 is 0.592 bits per heavy atom. The van der Waals surface area contributed by atoms with Gasteiger partial charge in [0.15, 0.2) is 20.2 Å². The minimum absolute atomic E-state index is 0.0707. The van der Waals surface area contributed by atoms with Crippen molar-refractivity contribution in [2.75, 3.05) is 0 Å². The maximum Gasteiger partial charge on any atom is 0.311 e. The summed E-state index contributed by atoms with van der Waals surface area (Å²) in [6.45, 7) is 18.4. The zero-order valence-electron chi connectivity index (χ0n) is 90.5. The van der Waals surface area contributed by atoms with Crippen molar-refractivity contribution in [3.8, 4) is 34.5 Å². The van der Waals surface area contributed by atoms with E-state index in [1.807, 2.05) is 97.1 Å². The maximum atomic E-state index is 14.5. The van der Waals surface area contributed by atoms with E-state index in [2.05, 4.69) is 91.8 Å². The molecule has 0 aliphatic rings. The second-order valence-corrected chi connectivity index (χ2v) is 46.9. The lowest BCUT2D eigenvalue weighted by Gasteiger charge is -2.19. The predicted molar refractivity (Wildman–Crippen MR) is 631 cm³/mol. The molecule has 0 aliphatic heterocycles. The minimum Gasteiger partial charge on any atom is -0.449 e. The van der Waals surface area contributed by atoms with Crippen molar-refractivity contribution < 1.29 is 38.0 Å². The van der Waals surface area contributed by atoms with Gasteiger partial charge < -0.3 is 28.4 Å². The van der Waals surface area contributed by atoms with E-state index in [0.717, 1.165) is 90.5 Å². The highest BCUT2D eigenvalue weighted by Gasteiger charge is 2.25. The molecule has 0 saturated carbocycles. The molecule has 4 atom stereocenters. The fraction of sp³-hybridized carbons (Fsp3) is 0.667. The maximum absolute atomic E-state index is 14.5. The van der Waals surface area contributed by atoms with Crippen LogP contribution < -0.4 is 28.4 Å². The van der Waals surface area contributed by atoms with Gasteiger partial charge >= 0.3 is 11.9 Å². The lowest BCUT2D eigenvalue weighted by molar-refractivity contribution is -0.136. The average Bonchev–Trinajstić information content (AvgIpc) is 0.809. The van der Waals surface area contributed by atoms with Crippen LogP contribution in [-0.4, -0.2) is 32.1 Å². The third kappa shape index (κ3) is 59.6. The van der Waals surface area contributed by atoms with E-state index < -0.39 is 11.9 Å². The average molecular weight is 2090 g/mol. The highest BCUT2D eigenvalue weighted by Crippen LogP contribution is 2.51. The van der Waals surface area contributed by atoms with Gasteiger partial charge in [-0.15, -0.1) is 0 Å². The van der Waals surface area contributed by atoms with Crippen LogP contribution in [0.5, 0.6) is 34.5 Å². The van der Waals surface area contributed by atoms with Crippen LogP contribution in [0.4, 0.5) is 0 Å². The Bertz CT molecular complexity index is 3990. The van der Waals surface area contributed by atoms with Crippen molar-refractivity contribution in [2.24, 2.45) is 23.7 Å². The summed E-state index contributed by atoms with van der Waals surface area (Å²) in [6.07, 6.45) is 87.7. The number of unbranched alkanes of at least 4 members (excludes halogenated alkanes) is 49. The van der Waals surface area contributed by atoms with E-state index in [4.69, 9.17) is 77.3 Å². The van der Waals surface area contributed by atoms with Gasteiger partial charge in [-0.05, 0) is 184 Å². The molecule has 8 nitrogen and oxygen atoms in total. The lowest BCUT2D eigenvalue weighted by Crippen LogP contribution is -2.11. The van der Waals surface area contributed by atoms with E-state index in [9.17, 15) is 9.59 Å². The molecule has 0 aliphatic carbocycles. The second kappa shape index (κ2) is 85.0. The number of thiocarbonyl (C=S) groups is 4. The summed E-state index contributed by atoms with van der Waals surface area (Å²) >= 11 is 30.5. The van der Waals surface area contributed by atoms with Gasteiger partial charge in [0.05, 0.1) is 29.4 Å². The molecule has 0 heterocycles. The molecule has 0 aromatic heterocycles.